The highest BCUT2D eigenvalue weighted by Crippen LogP contribution is 2.43. The molecule has 2 aliphatic rings. The van der Waals surface area contributed by atoms with E-state index in [1.807, 2.05) is 6.20 Å². The second-order valence-electron chi connectivity index (χ2n) is 9.69. The number of aromatic nitrogens is 2. The summed E-state index contributed by atoms with van der Waals surface area (Å²) in [5, 5.41) is 0. The molecule has 1 aromatic heterocycles. The lowest BCUT2D eigenvalue weighted by atomic mass is 9.90. The van der Waals surface area contributed by atoms with Gasteiger partial charge >= 0.3 is 0 Å². The number of aryl methyl sites for hydroxylation is 2. The van der Waals surface area contributed by atoms with Crippen molar-refractivity contribution in [2.45, 2.75) is 52.4 Å². The second-order valence-corrected chi connectivity index (χ2v) is 9.69. The van der Waals surface area contributed by atoms with Gasteiger partial charge in [0.1, 0.15) is 5.82 Å². The molecule has 2 nitrogen and oxygen atoms in total. The molecule has 35 heavy (non-hydrogen) atoms. The lowest BCUT2D eigenvalue weighted by Crippen LogP contribution is -2.06. The minimum atomic E-state index is 0.985. The molecule has 0 fully saturated rings. The van der Waals surface area contributed by atoms with Crippen LogP contribution in [0.4, 0.5) is 0 Å². The SMILES string of the molecule is CCCc1cc(-c2cccc3c2CC2=C3CCC=C2)cc(CC)c1-n1ccnc1-c1ccccc1. The molecule has 0 amide bonds. The molecule has 0 saturated heterocycles. The fraction of sp³-hybridized carbons (Fsp3) is 0.242. The molecular formula is C33H32N2. The van der Waals surface area contributed by atoms with Crippen LogP contribution in [0.2, 0.25) is 0 Å². The van der Waals surface area contributed by atoms with E-state index in [2.05, 4.69) is 97.4 Å². The van der Waals surface area contributed by atoms with Gasteiger partial charge in [0.2, 0.25) is 0 Å². The zero-order valence-electron chi connectivity index (χ0n) is 20.7. The van der Waals surface area contributed by atoms with E-state index < -0.39 is 0 Å². The van der Waals surface area contributed by atoms with Crippen LogP contribution in [-0.2, 0) is 19.3 Å². The van der Waals surface area contributed by atoms with Crippen LogP contribution < -0.4 is 0 Å². The standard InChI is InChI=1S/C33H32N2/c1-3-11-26-21-27(29-16-10-17-30-28-15-9-8-14-25(28)22-31(29)30)20-23(4-2)32(26)35-19-18-34-33(35)24-12-6-5-7-13-24/h5-8,10,12-14,16-21H,3-4,9,11,15,22H2,1-2H3. The molecule has 1 heterocycles. The first-order valence-electron chi connectivity index (χ1n) is 13.0. The number of rotatable bonds is 6. The Kier molecular flexibility index (Phi) is 5.74. The van der Waals surface area contributed by atoms with E-state index in [0.29, 0.717) is 0 Å². The van der Waals surface area contributed by atoms with Crippen molar-refractivity contribution in [3.63, 3.8) is 0 Å². The van der Waals surface area contributed by atoms with Crippen LogP contribution in [-0.4, -0.2) is 9.55 Å². The molecule has 0 saturated carbocycles. The molecule has 2 aliphatic carbocycles. The summed E-state index contributed by atoms with van der Waals surface area (Å²) >= 11 is 0. The second kappa shape index (κ2) is 9.19. The first kappa shape index (κ1) is 21.9. The van der Waals surface area contributed by atoms with Gasteiger partial charge in [-0.05, 0) is 88.8 Å². The molecule has 6 rings (SSSR count). The molecule has 174 valence electrons. The highest BCUT2D eigenvalue weighted by atomic mass is 15.1. The maximum absolute atomic E-state index is 4.76. The van der Waals surface area contributed by atoms with E-state index in [0.717, 1.165) is 43.5 Å². The number of benzene rings is 3. The number of hydrogen-bond acceptors (Lipinski definition) is 1. The Labute approximate surface area is 208 Å². The third kappa shape index (κ3) is 3.78. The number of imidazole rings is 1. The number of nitrogens with zero attached hydrogens (tertiary/aromatic N) is 2. The Morgan fingerprint density at radius 1 is 0.886 bits per heavy atom. The van der Waals surface area contributed by atoms with Crippen LogP contribution in [0.3, 0.4) is 0 Å². The van der Waals surface area contributed by atoms with E-state index in [9.17, 15) is 0 Å². The summed E-state index contributed by atoms with van der Waals surface area (Å²) in [6.07, 6.45) is 15.3. The van der Waals surface area contributed by atoms with E-state index in [4.69, 9.17) is 4.98 Å². The maximum atomic E-state index is 4.76. The maximum Gasteiger partial charge on any atom is 0.144 e. The van der Waals surface area contributed by atoms with Crippen LogP contribution >= 0.6 is 0 Å². The molecule has 2 heteroatoms. The van der Waals surface area contributed by atoms with Crippen molar-refractivity contribution in [3.8, 4) is 28.2 Å². The van der Waals surface area contributed by atoms with Crippen molar-refractivity contribution in [1.82, 2.24) is 9.55 Å². The fourth-order valence-electron chi connectivity index (χ4n) is 5.95. The summed E-state index contributed by atoms with van der Waals surface area (Å²) in [5.74, 6) is 1.01. The monoisotopic (exact) mass is 456 g/mol. The van der Waals surface area contributed by atoms with Gasteiger partial charge in [0.05, 0.1) is 5.69 Å². The molecule has 0 unspecified atom stereocenters. The van der Waals surface area contributed by atoms with E-state index in [-0.39, 0.29) is 0 Å². The van der Waals surface area contributed by atoms with E-state index in [1.54, 1.807) is 5.57 Å². The summed E-state index contributed by atoms with van der Waals surface area (Å²) in [4.78, 5) is 4.76. The minimum absolute atomic E-state index is 0.985. The zero-order chi connectivity index (χ0) is 23.8. The first-order chi connectivity index (χ1) is 17.3. The molecule has 4 aromatic rings. The number of allylic oxidation sites excluding steroid dienone is 4. The highest BCUT2D eigenvalue weighted by molar-refractivity contribution is 5.86. The van der Waals surface area contributed by atoms with Gasteiger partial charge in [0, 0.05) is 18.0 Å². The van der Waals surface area contributed by atoms with Crippen LogP contribution in [0.25, 0.3) is 33.8 Å². The summed E-state index contributed by atoms with van der Waals surface area (Å²) in [6.45, 7) is 4.55. The summed E-state index contributed by atoms with van der Waals surface area (Å²) in [7, 11) is 0. The zero-order valence-corrected chi connectivity index (χ0v) is 20.7. The third-order valence-electron chi connectivity index (χ3n) is 7.53. The summed E-state index contributed by atoms with van der Waals surface area (Å²) in [6, 6.07) is 22.3. The number of fused-ring (bicyclic) bond motifs is 2. The van der Waals surface area contributed by atoms with Gasteiger partial charge in [-0.1, -0.05) is 81.0 Å². The molecule has 3 aromatic carbocycles. The largest absolute Gasteiger partial charge is 0.299 e. The molecule has 0 spiro atoms. The molecule has 0 N–H and O–H groups in total. The van der Waals surface area contributed by atoms with E-state index in [1.165, 1.54) is 51.1 Å². The van der Waals surface area contributed by atoms with Gasteiger partial charge < -0.3 is 0 Å². The average molecular weight is 457 g/mol. The normalized spacial score (nSPS) is 14.3. The van der Waals surface area contributed by atoms with Crippen molar-refractivity contribution in [2.24, 2.45) is 0 Å². The predicted molar refractivity (Wildman–Crippen MR) is 147 cm³/mol. The molecule has 0 aliphatic heterocycles. The third-order valence-corrected chi connectivity index (χ3v) is 7.53. The van der Waals surface area contributed by atoms with Gasteiger partial charge in [-0.3, -0.25) is 4.57 Å². The van der Waals surface area contributed by atoms with Crippen molar-refractivity contribution in [2.75, 3.05) is 0 Å². The Balaban J connectivity index is 1.51. The van der Waals surface area contributed by atoms with Crippen molar-refractivity contribution in [3.05, 3.63) is 113 Å². The van der Waals surface area contributed by atoms with Crippen molar-refractivity contribution < 1.29 is 0 Å². The van der Waals surface area contributed by atoms with Crippen LogP contribution in [0.5, 0.6) is 0 Å². The Hall–Kier alpha value is -3.65. The molecule has 0 atom stereocenters. The average Bonchev–Trinajstić information content (AvgIpc) is 3.54. The fourth-order valence-corrected chi connectivity index (χ4v) is 5.95. The Morgan fingerprint density at radius 2 is 1.71 bits per heavy atom. The minimum Gasteiger partial charge on any atom is -0.299 e. The predicted octanol–water partition coefficient (Wildman–Crippen LogP) is 8.38. The molecular weight excluding hydrogens is 424 g/mol. The summed E-state index contributed by atoms with van der Waals surface area (Å²) < 4.78 is 2.31. The lowest BCUT2D eigenvalue weighted by molar-refractivity contribution is 0.889. The Morgan fingerprint density at radius 3 is 2.54 bits per heavy atom. The molecule has 0 bridgehead atoms. The quantitative estimate of drug-likeness (QED) is 0.285. The number of hydrogen-bond donors (Lipinski definition) is 0. The molecule has 0 radical (unpaired) electrons. The smallest absolute Gasteiger partial charge is 0.144 e. The lowest BCUT2D eigenvalue weighted by Gasteiger charge is -2.20. The summed E-state index contributed by atoms with van der Waals surface area (Å²) in [5.41, 5.74) is 14.1. The van der Waals surface area contributed by atoms with Gasteiger partial charge in [0.25, 0.3) is 0 Å². The van der Waals surface area contributed by atoms with Crippen molar-refractivity contribution in [1.29, 1.82) is 0 Å². The van der Waals surface area contributed by atoms with Crippen LogP contribution in [0.1, 0.15) is 55.4 Å². The van der Waals surface area contributed by atoms with Gasteiger partial charge in [-0.2, -0.15) is 0 Å². The van der Waals surface area contributed by atoms with Gasteiger partial charge in [-0.25, -0.2) is 4.98 Å². The topological polar surface area (TPSA) is 17.8 Å². The first-order valence-corrected chi connectivity index (χ1v) is 13.0. The van der Waals surface area contributed by atoms with Crippen LogP contribution in [0.15, 0.2) is 90.8 Å². The van der Waals surface area contributed by atoms with Crippen molar-refractivity contribution >= 4 is 5.57 Å². The highest BCUT2D eigenvalue weighted by Gasteiger charge is 2.25. The van der Waals surface area contributed by atoms with E-state index >= 15 is 0 Å². The van der Waals surface area contributed by atoms with Gasteiger partial charge in [-0.15, -0.1) is 0 Å². The Bertz CT molecular complexity index is 1450. The van der Waals surface area contributed by atoms with Gasteiger partial charge in [0.15, 0.2) is 0 Å². The van der Waals surface area contributed by atoms with Crippen LogP contribution in [0, 0.1) is 0 Å².